The highest BCUT2D eigenvalue weighted by atomic mass is 32.1. The van der Waals surface area contributed by atoms with Gasteiger partial charge in [0.1, 0.15) is 21.9 Å². The molecular weight excluding hydrogens is 396 g/mol. The number of amides is 1. The summed E-state index contributed by atoms with van der Waals surface area (Å²) in [5, 5.41) is 3.79. The molecule has 0 aliphatic rings. The van der Waals surface area contributed by atoms with Gasteiger partial charge in [-0.1, -0.05) is 26.0 Å². The maximum absolute atomic E-state index is 13.1. The number of carbonyl (C=O) groups is 1. The van der Waals surface area contributed by atoms with Gasteiger partial charge in [-0.3, -0.25) is 14.2 Å². The third-order valence-electron chi connectivity index (χ3n) is 5.23. The summed E-state index contributed by atoms with van der Waals surface area (Å²) in [4.78, 5) is 35.8. The highest BCUT2D eigenvalue weighted by Gasteiger charge is 2.18. The van der Waals surface area contributed by atoms with E-state index in [-0.39, 0.29) is 18.0 Å². The first kappa shape index (κ1) is 20.2. The Morgan fingerprint density at radius 1 is 1.13 bits per heavy atom. The number of pyridine rings is 1. The Morgan fingerprint density at radius 3 is 2.50 bits per heavy atom. The first-order chi connectivity index (χ1) is 14.2. The SMILES string of the molecule is Cc1cc(C)c2c(n1)sc1c(=O)n(CC(=O)Nc3ccc(C(C)C)cc3)c(C)nc12. The zero-order chi connectivity index (χ0) is 21.6. The predicted octanol–water partition coefficient (Wildman–Crippen LogP) is 4.69. The molecule has 1 amide bonds. The van der Waals surface area contributed by atoms with Crippen molar-refractivity contribution in [2.75, 3.05) is 5.32 Å². The molecule has 0 atom stereocenters. The zero-order valence-electron chi connectivity index (χ0n) is 17.7. The molecule has 0 bridgehead atoms. The lowest BCUT2D eigenvalue weighted by atomic mass is 10.0. The largest absolute Gasteiger partial charge is 0.325 e. The third kappa shape index (κ3) is 3.61. The van der Waals surface area contributed by atoms with E-state index in [0.29, 0.717) is 27.6 Å². The van der Waals surface area contributed by atoms with Crippen molar-refractivity contribution >= 4 is 43.4 Å². The van der Waals surface area contributed by atoms with E-state index in [1.807, 2.05) is 44.2 Å². The van der Waals surface area contributed by atoms with Crippen LogP contribution in [-0.4, -0.2) is 20.4 Å². The Morgan fingerprint density at radius 2 is 1.83 bits per heavy atom. The van der Waals surface area contributed by atoms with Crippen LogP contribution in [0.2, 0.25) is 0 Å². The highest BCUT2D eigenvalue weighted by Crippen LogP contribution is 2.32. The van der Waals surface area contributed by atoms with Crippen LogP contribution in [0.15, 0.2) is 35.1 Å². The molecule has 4 rings (SSSR count). The van der Waals surface area contributed by atoms with Crippen molar-refractivity contribution in [1.82, 2.24) is 14.5 Å². The van der Waals surface area contributed by atoms with Gasteiger partial charge in [0.05, 0.1) is 5.52 Å². The molecule has 0 spiro atoms. The van der Waals surface area contributed by atoms with Crippen molar-refractivity contribution in [3.05, 3.63) is 63.3 Å². The number of hydrogen-bond donors (Lipinski definition) is 1. The number of aryl methyl sites for hydroxylation is 3. The number of aromatic nitrogens is 3. The molecule has 0 aliphatic heterocycles. The summed E-state index contributed by atoms with van der Waals surface area (Å²) in [5.74, 6) is 0.680. The molecule has 0 saturated heterocycles. The topological polar surface area (TPSA) is 76.9 Å². The molecule has 6 nitrogen and oxygen atoms in total. The second kappa shape index (κ2) is 7.65. The van der Waals surface area contributed by atoms with Crippen molar-refractivity contribution < 1.29 is 4.79 Å². The van der Waals surface area contributed by atoms with Crippen molar-refractivity contribution in [1.29, 1.82) is 0 Å². The minimum Gasteiger partial charge on any atom is -0.325 e. The van der Waals surface area contributed by atoms with E-state index in [1.54, 1.807) is 6.92 Å². The fraction of sp³-hybridized carbons (Fsp3) is 0.304. The van der Waals surface area contributed by atoms with E-state index >= 15 is 0 Å². The monoisotopic (exact) mass is 420 g/mol. The summed E-state index contributed by atoms with van der Waals surface area (Å²) >= 11 is 1.34. The highest BCUT2D eigenvalue weighted by molar-refractivity contribution is 7.25. The molecule has 3 heterocycles. The molecule has 154 valence electrons. The normalized spacial score (nSPS) is 11.5. The fourth-order valence-electron chi connectivity index (χ4n) is 3.65. The molecule has 1 aromatic carbocycles. The van der Waals surface area contributed by atoms with Crippen LogP contribution >= 0.6 is 11.3 Å². The van der Waals surface area contributed by atoms with Crippen LogP contribution in [0, 0.1) is 20.8 Å². The lowest BCUT2D eigenvalue weighted by Crippen LogP contribution is -2.29. The smallest absolute Gasteiger partial charge is 0.272 e. The number of carbonyl (C=O) groups excluding carboxylic acids is 1. The summed E-state index contributed by atoms with van der Waals surface area (Å²) in [5.41, 5.74) is 4.34. The van der Waals surface area contributed by atoms with Crippen LogP contribution in [0.1, 0.15) is 42.4 Å². The van der Waals surface area contributed by atoms with Gasteiger partial charge >= 0.3 is 0 Å². The first-order valence-corrected chi connectivity index (χ1v) is 10.7. The van der Waals surface area contributed by atoms with Crippen LogP contribution in [-0.2, 0) is 11.3 Å². The Labute approximate surface area is 178 Å². The lowest BCUT2D eigenvalue weighted by Gasteiger charge is -2.11. The van der Waals surface area contributed by atoms with E-state index in [1.165, 1.54) is 21.5 Å². The Hall–Kier alpha value is -3.06. The van der Waals surface area contributed by atoms with E-state index < -0.39 is 0 Å². The molecule has 7 heteroatoms. The molecule has 0 fully saturated rings. The van der Waals surface area contributed by atoms with E-state index in [4.69, 9.17) is 0 Å². The molecule has 0 radical (unpaired) electrons. The van der Waals surface area contributed by atoms with Gasteiger partial charge in [0.15, 0.2) is 0 Å². The Bertz CT molecular complexity index is 1330. The molecule has 30 heavy (non-hydrogen) atoms. The average Bonchev–Trinajstić information content (AvgIpc) is 3.04. The summed E-state index contributed by atoms with van der Waals surface area (Å²) in [7, 11) is 0. The zero-order valence-corrected chi connectivity index (χ0v) is 18.6. The van der Waals surface area contributed by atoms with Crippen LogP contribution in [0.3, 0.4) is 0 Å². The van der Waals surface area contributed by atoms with Gasteiger partial charge in [0.25, 0.3) is 5.56 Å². The fourth-order valence-corrected chi connectivity index (χ4v) is 4.83. The minimum atomic E-state index is -0.259. The molecule has 3 aromatic heterocycles. The third-order valence-corrected chi connectivity index (χ3v) is 6.29. The second-order valence-corrected chi connectivity index (χ2v) is 8.91. The van der Waals surface area contributed by atoms with Crippen molar-refractivity contribution in [2.24, 2.45) is 0 Å². The number of benzene rings is 1. The molecular formula is C23H24N4O2S. The summed E-state index contributed by atoms with van der Waals surface area (Å²) in [6.07, 6.45) is 0. The van der Waals surface area contributed by atoms with E-state index in [9.17, 15) is 9.59 Å². The van der Waals surface area contributed by atoms with Gasteiger partial charge in [-0.15, -0.1) is 11.3 Å². The van der Waals surface area contributed by atoms with Crippen LogP contribution in [0.5, 0.6) is 0 Å². The van der Waals surface area contributed by atoms with Gasteiger partial charge < -0.3 is 5.32 Å². The molecule has 0 aliphatic carbocycles. The number of hydrogen-bond acceptors (Lipinski definition) is 5. The Kier molecular flexibility index (Phi) is 5.15. The van der Waals surface area contributed by atoms with Crippen LogP contribution in [0.4, 0.5) is 5.69 Å². The number of rotatable bonds is 4. The molecule has 0 saturated carbocycles. The summed E-state index contributed by atoms with van der Waals surface area (Å²) < 4.78 is 1.96. The van der Waals surface area contributed by atoms with Crippen LogP contribution in [0.25, 0.3) is 20.4 Å². The van der Waals surface area contributed by atoms with E-state index in [0.717, 1.165) is 21.5 Å². The van der Waals surface area contributed by atoms with Gasteiger partial charge in [-0.2, -0.15) is 0 Å². The Balaban J connectivity index is 1.67. The van der Waals surface area contributed by atoms with Crippen LogP contribution < -0.4 is 10.9 Å². The predicted molar refractivity (Wildman–Crippen MR) is 123 cm³/mol. The number of thiophene rings is 1. The number of nitrogens with zero attached hydrogens (tertiary/aromatic N) is 3. The molecule has 4 aromatic rings. The molecule has 1 N–H and O–H groups in total. The minimum absolute atomic E-state index is 0.0841. The number of anilines is 1. The van der Waals surface area contributed by atoms with Gasteiger partial charge in [0.2, 0.25) is 5.91 Å². The first-order valence-electron chi connectivity index (χ1n) is 9.92. The quantitative estimate of drug-likeness (QED) is 0.519. The number of nitrogens with one attached hydrogen (secondary N) is 1. The molecule has 0 unspecified atom stereocenters. The van der Waals surface area contributed by atoms with Crippen molar-refractivity contribution in [2.45, 2.75) is 47.1 Å². The number of fused-ring (bicyclic) bond motifs is 3. The summed E-state index contributed by atoms with van der Waals surface area (Å²) in [6.45, 7) is 9.86. The second-order valence-electron chi connectivity index (χ2n) is 7.92. The van der Waals surface area contributed by atoms with Gasteiger partial charge in [0, 0.05) is 16.8 Å². The average molecular weight is 421 g/mol. The van der Waals surface area contributed by atoms with Crippen molar-refractivity contribution in [3.8, 4) is 0 Å². The lowest BCUT2D eigenvalue weighted by molar-refractivity contribution is -0.116. The van der Waals surface area contributed by atoms with Gasteiger partial charge in [-0.05, 0) is 56.0 Å². The van der Waals surface area contributed by atoms with E-state index in [2.05, 4.69) is 29.1 Å². The standard InChI is InChI=1S/C23H24N4O2S/c1-12(2)16-6-8-17(9-7-16)26-18(28)11-27-15(5)25-20-19-13(3)10-14(4)24-22(19)30-21(20)23(27)29/h6-10,12H,11H2,1-5H3,(H,26,28). The summed E-state index contributed by atoms with van der Waals surface area (Å²) in [6, 6.07) is 9.76. The van der Waals surface area contributed by atoms with Gasteiger partial charge in [-0.25, -0.2) is 9.97 Å². The maximum atomic E-state index is 13.1. The van der Waals surface area contributed by atoms with Crippen molar-refractivity contribution in [3.63, 3.8) is 0 Å². The maximum Gasteiger partial charge on any atom is 0.272 e.